The van der Waals surface area contributed by atoms with Gasteiger partial charge in [0.25, 0.3) is 5.56 Å². The van der Waals surface area contributed by atoms with Crippen molar-refractivity contribution in [2.24, 2.45) is 7.05 Å². The molecule has 0 aliphatic carbocycles. The second-order valence-corrected chi connectivity index (χ2v) is 6.24. The molecule has 0 unspecified atom stereocenters. The van der Waals surface area contributed by atoms with Crippen LogP contribution in [0.1, 0.15) is 16.8 Å². The van der Waals surface area contributed by atoms with Gasteiger partial charge >= 0.3 is 0 Å². The van der Waals surface area contributed by atoms with Gasteiger partial charge in [-0.3, -0.25) is 4.79 Å². The van der Waals surface area contributed by atoms with Gasteiger partial charge in [-0.05, 0) is 42.8 Å². The number of halogens is 3. The summed E-state index contributed by atoms with van der Waals surface area (Å²) in [6.45, 7) is 1.72. The summed E-state index contributed by atoms with van der Waals surface area (Å²) in [4.78, 5) is 12.5. The first-order valence-electron chi connectivity index (χ1n) is 7.84. The number of hydrogen-bond acceptors (Lipinski definition) is 2. The summed E-state index contributed by atoms with van der Waals surface area (Å²) in [5, 5.41) is 4.34. The Bertz CT molecular complexity index is 1060. The van der Waals surface area contributed by atoms with Crippen LogP contribution in [-0.2, 0) is 7.05 Å². The van der Waals surface area contributed by atoms with Crippen LogP contribution in [0.2, 0.25) is 5.02 Å². The van der Waals surface area contributed by atoms with Crippen LogP contribution in [0.15, 0.2) is 47.3 Å². The lowest BCUT2D eigenvalue weighted by atomic mass is 9.98. The highest BCUT2D eigenvalue weighted by Gasteiger charge is 2.17. The first kappa shape index (κ1) is 18.0. The van der Waals surface area contributed by atoms with Crippen LogP contribution >= 0.6 is 11.6 Å². The quantitative estimate of drug-likeness (QED) is 0.615. The molecule has 0 saturated heterocycles. The Balaban J connectivity index is 2.20. The topological polar surface area (TPSA) is 34.9 Å². The molecular weight excluding hydrogens is 358 g/mol. The van der Waals surface area contributed by atoms with Crippen molar-refractivity contribution in [2.45, 2.75) is 6.92 Å². The number of nitrogens with zero attached hydrogens (tertiary/aromatic N) is 2. The van der Waals surface area contributed by atoms with Gasteiger partial charge < -0.3 is 0 Å². The first-order valence-corrected chi connectivity index (χ1v) is 8.21. The van der Waals surface area contributed by atoms with Crippen LogP contribution in [-0.4, -0.2) is 9.78 Å². The zero-order valence-corrected chi connectivity index (χ0v) is 14.9. The molecule has 3 nitrogen and oxygen atoms in total. The lowest BCUT2D eigenvalue weighted by Crippen LogP contribution is -2.22. The molecule has 1 heterocycles. The molecule has 0 bridgehead atoms. The van der Waals surface area contributed by atoms with E-state index in [0.29, 0.717) is 16.3 Å². The summed E-state index contributed by atoms with van der Waals surface area (Å²) < 4.78 is 28.8. The molecule has 0 N–H and O–H groups in total. The molecule has 0 spiro atoms. The highest BCUT2D eigenvalue weighted by atomic mass is 35.5. The van der Waals surface area contributed by atoms with Gasteiger partial charge in [-0.15, -0.1) is 0 Å². The van der Waals surface area contributed by atoms with Crippen LogP contribution in [0.3, 0.4) is 0 Å². The molecule has 132 valence electrons. The lowest BCUT2D eigenvalue weighted by molar-refractivity contribution is 0.627. The van der Waals surface area contributed by atoms with Gasteiger partial charge in [0, 0.05) is 23.2 Å². The molecule has 6 heteroatoms. The maximum atomic E-state index is 14.6. The Morgan fingerprint density at radius 3 is 2.46 bits per heavy atom. The fourth-order valence-corrected chi connectivity index (χ4v) is 2.91. The molecule has 3 aromatic rings. The highest BCUT2D eigenvalue weighted by Crippen LogP contribution is 2.32. The van der Waals surface area contributed by atoms with Crippen molar-refractivity contribution in [2.75, 3.05) is 0 Å². The molecule has 0 amide bonds. The molecule has 0 saturated carbocycles. The van der Waals surface area contributed by atoms with Crippen molar-refractivity contribution in [1.82, 2.24) is 9.78 Å². The average Bonchev–Trinajstić information content (AvgIpc) is 2.60. The van der Waals surface area contributed by atoms with Crippen LogP contribution in [0, 0.1) is 18.6 Å². The summed E-state index contributed by atoms with van der Waals surface area (Å²) >= 11 is 6.27. The van der Waals surface area contributed by atoms with E-state index in [1.165, 1.54) is 42.1 Å². The van der Waals surface area contributed by atoms with E-state index in [2.05, 4.69) is 5.10 Å². The molecule has 26 heavy (non-hydrogen) atoms. The summed E-state index contributed by atoms with van der Waals surface area (Å²) in [6.07, 6.45) is 3.30. The van der Waals surface area contributed by atoms with Gasteiger partial charge in [-0.1, -0.05) is 35.9 Å². The van der Waals surface area contributed by atoms with Crippen molar-refractivity contribution in [1.29, 1.82) is 0 Å². The van der Waals surface area contributed by atoms with E-state index in [-0.39, 0.29) is 16.9 Å². The Labute approximate surface area is 154 Å². The second-order valence-electron chi connectivity index (χ2n) is 5.83. The Hall–Kier alpha value is -2.79. The van der Waals surface area contributed by atoms with Crippen molar-refractivity contribution in [3.8, 4) is 11.1 Å². The molecular formula is C20H15ClF2N2O. The lowest BCUT2D eigenvalue weighted by Gasteiger charge is -2.11. The van der Waals surface area contributed by atoms with Gasteiger partial charge in [-0.25, -0.2) is 13.5 Å². The van der Waals surface area contributed by atoms with Crippen LogP contribution < -0.4 is 5.56 Å². The van der Waals surface area contributed by atoms with E-state index in [4.69, 9.17) is 11.6 Å². The van der Waals surface area contributed by atoms with E-state index in [9.17, 15) is 13.6 Å². The van der Waals surface area contributed by atoms with Crippen LogP contribution in [0.4, 0.5) is 8.78 Å². The maximum Gasteiger partial charge on any atom is 0.274 e. The number of benzene rings is 2. The Morgan fingerprint density at radius 1 is 1.08 bits per heavy atom. The van der Waals surface area contributed by atoms with Crippen molar-refractivity contribution in [3.05, 3.63) is 86.3 Å². The molecule has 1 aromatic heterocycles. The summed E-state index contributed by atoms with van der Waals surface area (Å²) in [5.41, 5.74) is 1.54. The van der Waals surface area contributed by atoms with E-state index >= 15 is 0 Å². The van der Waals surface area contributed by atoms with Gasteiger partial charge in [0.1, 0.15) is 11.6 Å². The number of aromatic nitrogens is 2. The number of aryl methyl sites for hydroxylation is 2. The first-order chi connectivity index (χ1) is 12.4. The van der Waals surface area contributed by atoms with Gasteiger partial charge in [-0.2, -0.15) is 5.10 Å². The standard InChI is InChI=1S/C20H15ClF2N2O/c1-12-11-16(20(26)25(2)24-12)19-15(17(21)9-10-18(19)23)8-5-13-3-6-14(22)7-4-13/h3-11H,1-2H3/b8-5+. The fraction of sp³-hybridized carbons (Fsp3) is 0.100. The average molecular weight is 373 g/mol. The highest BCUT2D eigenvalue weighted by molar-refractivity contribution is 6.32. The van der Waals surface area contributed by atoms with E-state index in [0.717, 1.165) is 5.56 Å². The normalized spacial score (nSPS) is 11.3. The van der Waals surface area contributed by atoms with Crippen molar-refractivity contribution >= 4 is 23.8 Å². The summed E-state index contributed by atoms with van der Waals surface area (Å²) in [5.74, 6) is -0.904. The van der Waals surface area contributed by atoms with E-state index in [1.54, 1.807) is 31.2 Å². The smallest absolute Gasteiger partial charge is 0.267 e. The molecule has 0 aliphatic heterocycles. The maximum absolute atomic E-state index is 14.6. The second kappa shape index (κ2) is 7.22. The molecule has 0 fully saturated rings. The van der Waals surface area contributed by atoms with E-state index < -0.39 is 11.4 Å². The number of rotatable bonds is 3. The van der Waals surface area contributed by atoms with Gasteiger partial charge in [0.2, 0.25) is 0 Å². The van der Waals surface area contributed by atoms with Gasteiger partial charge in [0.05, 0.1) is 11.3 Å². The molecule has 3 rings (SSSR count). The third-order valence-corrected chi connectivity index (χ3v) is 4.24. The van der Waals surface area contributed by atoms with Crippen molar-refractivity contribution in [3.63, 3.8) is 0 Å². The predicted molar refractivity (Wildman–Crippen MR) is 99.9 cm³/mol. The van der Waals surface area contributed by atoms with Crippen molar-refractivity contribution < 1.29 is 8.78 Å². The van der Waals surface area contributed by atoms with Gasteiger partial charge in [0.15, 0.2) is 0 Å². The number of hydrogen-bond donors (Lipinski definition) is 0. The van der Waals surface area contributed by atoms with Crippen LogP contribution in [0.5, 0.6) is 0 Å². The molecule has 0 aliphatic rings. The summed E-state index contributed by atoms with van der Waals surface area (Å²) in [6, 6.07) is 10.0. The minimum atomic E-state index is -0.559. The largest absolute Gasteiger partial charge is 0.274 e. The fourth-order valence-electron chi connectivity index (χ4n) is 2.69. The zero-order chi connectivity index (χ0) is 18.8. The minimum absolute atomic E-state index is 0.113. The van der Waals surface area contributed by atoms with E-state index in [1.807, 2.05) is 0 Å². The Morgan fingerprint density at radius 2 is 1.77 bits per heavy atom. The zero-order valence-electron chi connectivity index (χ0n) is 14.1. The predicted octanol–water partition coefficient (Wildman–Crippen LogP) is 4.86. The van der Waals surface area contributed by atoms with Crippen LogP contribution in [0.25, 0.3) is 23.3 Å². The summed E-state index contributed by atoms with van der Waals surface area (Å²) in [7, 11) is 1.51. The Kier molecular flexibility index (Phi) is 5.00. The SMILES string of the molecule is Cc1cc(-c2c(F)ccc(Cl)c2/C=C/c2ccc(F)cc2)c(=O)n(C)n1. The minimum Gasteiger partial charge on any atom is -0.267 e. The molecule has 0 atom stereocenters. The molecule has 2 aromatic carbocycles. The third kappa shape index (κ3) is 3.58. The third-order valence-electron chi connectivity index (χ3n) is 3.91. The monoisotopic (exact) mass is 372 g/mol. The molecule has 0 radical (unpaired) electrons.